The van der Waals surface area contributed by atoms with Crippen LogP contribution in [-0.4, -0.2) is 70.2 Å². The van der Waals surface area contributed by atoms with Gasteiger partial charge in [-0.2, -0.15) is 0 Å². The van der Waals surface area contributed by atoms with Crippen LogP contribution >= 0.6 is 0 Å². The van der Waals surface area contributed by atoms with Crippen LogP contribution in [0, 0.1) is 0 Å². The standard InChI is InChI=1S/C16H24N2O4S/c1-17-9-11-18(12-10-17)16(19)4-3-13-22-14-5-7-15(8-6-14)23(2,20)21/h5-8H,3-4,9-13H2,1-2H3. The predicted molar refractivity (Wildman–Crippen MR) is 88.4 cm³/mol. The average molecular weight is 340 g/mol. The molecule has 0 radical (unpaired) electrons. The van der Waals surface area contributed by atoms with E-state index in [1.54, 1.807) is 12.1 Å². The van der Waals surface area contributed by atoms with Gasteiger partial charge in [0.15, 0.2) is 9.84 Å². The number of ether oxygens (including phenoxy) is 1. The highest BCUT2D eigenvalue weighted by Gasteiger charge is 2.18. The van der Waals surface area contributed by atoms with Gasteiger partial charge in [-0.1, -0.05) is 0 Å². The molecule has 0 N–H and O–H groups in total. The maximum absolute atomic E-state index is 12.1. The van der Waals surface area contributed by atoms with Gasteiger partial charge in [0.2, 0.25) is 5.91 Å². The molecule has 0 saturated carbocycles. The van der Waals surface area contributed by atoms with Crippen molar-refractivity contribution in [1.82, 2.24) is 9.80 Å². The Morgan fingerprint density at radius 2 is 1.74 bits per heavy atom. The minimum Gasteiger partial charge on any atom is -0.494 e. The van der Waals surface area contributed by atoms with E-state index >= 15 is 0 Å². The minimum atomic E-state index is -3.18. The molecule has 1 heterocycles. The highest BCUT2D eigenvalue weighted by atomic mass is 32.2. The van der Waals surface area contributed by atoms with Gasteiger partial charge < -0.3 is 14.5 Å². The number of nitrogens with zero attached hydrogens (tertiary/aromatic N) is 2. The number of likely N-dealkylation sites (N-methyl/N-ethyl adjacent to an activating group) is 1. The maximum Gasteiger partial charge on any atom is 0.222 e. The van der Waals surface area contributed by atoms with Crippen LogP contribution in [0.15, 0.2) is 29.2 Å². The zero-order valence-corrected chi connectivity index (χ0v) is 14.5. The predicted octanol–water partition coefficient (Wildman–Crippen LogP) is 1.02. The lowest BCUT2D eigenvalue weighted by Gasteiger charge is -2.32. The van der Waals surface area contributed by atoms with Gasteiger partial charge in [-0.25, -0.2) is 8.42 Å². The number of hydrogen-bond donors (Lipinski definition) is 0. The molecule has 1 aromatic carbocycles. The van der Waals surface area contributed by atoms with Gasteiger partial charge in [0.05, 0.1) is 11.5 Å². The zero-order valence-electron chi connectivity index (χ0n) is 13.7. The van der Waals surface area contributed by atoms with Gasteiger partial charge >= 0.3 is 0 Å². The number of hydrogen-bond acceptors (Lipinski definition) is 5. The van der Waals surface area contributed by atoms with E-state index in [4.69, 9.17) is 4.74 Å². The van der Waals surface area contributed by atoms with Crippen molar-refractivity contribution in [3.8, 4) is 5.75 Å². The van der Waals surface area contributed by atoms with Crippen LogP contribution in [0.25, 0.3) is 0 Å². The summed E-state index contributed by atoms with van der Waals surface area (Å²) in [6.45, 7) is 3.88. The summed E-state index contributed by atoms with van der Waals surface area (Å²) >= 11 is 0. The molecular formula is C16H24N2O4S. The van der Waals surface area contributed by atoms with Crippen molar-refractivity contribution in [3.63, 3.8) is 0 Å². The van der Waals surface area contributed by atoms with Crippen LogP contribution in [0.5, 0.6) is 5.75 Å². The number of carbonyl (C=O) groups is 1. The summed E-state index contributed by atoms with van der Waals surface area (Å²) in [4.78, 5) is 16.4. The Morgan fingerprint density at radius 3 is 2.30 bits per heavy atom. The highest BCUT2D eigenvalue weighted by molar-refractivity contribution is 7.90. The number of amides is 1. The van der Waals surface area contributed by atoms with Crippen LogP contribution in [0.2, 0.25) is 0 Å². The molecule has 1 aromatic rings. The zero-order chi connectivity index (χ0) is 16.9. The fourth-order valence-corrected chi connectivity index (χ4v) is 3.04. The van der Waals surface area contributed by atoms with Crippen LogP contribution < -0.4 is 4.74 Å². The Labute approximate surface area is 137 Å². The van der Waals surface area contributed by atoms with E-state index in [1.807, 2.05) is 4.90 Å². The van der Waals surface area contributed by atoms with E-state index in [2.05, 4.69) is 11.9 Å². The topological polar surface area (TPSA) is 66.9 Å². The molecule has 1 aliphatic rings. The van der Waals surface area contributed by atoms with Gasteiger partial charge in [-0.3, -0.25) is 4.79 Å². The molecule has 2 rings (SSSR count). The second kappa shape index (κ2) is 7.79. The highest BCUT2D eigenvalue weighted by Crippen LogP contribution is 2.16. The first-order valence-corrected chi connectivity index (χ1v) is 9.64. The molecule has 1 saturated heterocycles. The summed E-state index contributed by atoms with van der Waals surface area (Å²) in [6.07, 6.45) is 2.30. The number of carbonyl (C=O) groups excluding carboxylic acids is 1. The average Bonchev–Trinajstić information content (AvgIpc) is 2.51. The lowest BCUT2D eigenvalue weighted by atomic mass is 10.2. The van der Waals surface area contributed by atoms with Crippen LogP contribution in [0.4, 0.5) is 0 Å². The van der Waals surface area contributed by atoms with Gasteiger partial charge in [0.1, 0.15) is 5.75 Å². The van der Waals surface area contributed by atoms with Crippen molar-refractivity contribution in [3.05, 3.63) is 24.3 Å². The maximum atomic E-state index is 12.1. The third kappa shape index (κ3) is 5.51. The summed E-state index contributed by atoms with van der Waals surface area (Å²) in [7, 11) is -1.12. The van der Waals surface area contributed by atoms with Crippen LogP contribution in [0.1, 0.15) is 12.8 Å². The third-order valence-electron chi connectivity index (χ3n) is 3.91. The molecule has 128 valence electrons. The Hall–Kier alpha value is -1.60. The molecule has 0 aromatic heterocycles. The molecular weight excluding hydrogens is 316 g/mol. The second-order valence-corrected chi connectivity index (χ2v) is 7.90. The van der Waals surface area contributed by atoms with E-state index in [0.29, 0.717) is 25.2 Å². The summed E-state index contributed by atoms with van der Waals surface area (Å²) in [5, 5.41) is 0. The van der Waals surface area contributed by atoms with Crippen LogP contribution in [0.3, 0.4) is 0 Å². The SMILES string of the molecule is CN1CCN(C(=O)CCCOc2ccc(S(C)(=O)=O)cc2)CC1. The van der Waals surface area contributed by atoms with Crippen molar-refractivity contribution < 1.29 is 17.9 Å². The summed E-state index contributed by atoms with van der Waals surface area (Å²) in [5.41, 5.74) is 0. The molecule has 1 aliphatic heterocycles. The van der Waals surface area contributed by atoms with E-state index in [1.165, 1.54) is 18.4 Å². The van der Waals surface area contributed by atoms with Crippen molar-refractivity contribution in [2.45, 2.75) is 17.7 Å². The molecule has 0 bridgehead atoms. The summed E-state index contributed by atoms with van der Waals surface area (Å²) < 4.78 is 28.3. The molecule has 0 aliphatic carbocycles. The lowest BCUT2D eigenvalue weighted by Crippen LogP contribution is -2.47. The largest absolute Gasteiger partial charge is 0.494 e. The molecule has 7 heteroatoms. The number of benzene rings is 1. The third-order valence-corrected chi connectivity index (χ3v) is 5.04. The van der Waals surface area contributed by atoms with E-state index in [9.17, 15) is 13.2 Å². The lowest BCUT2D eigenvalue weighted by molar-refractivity contribution is -0.133. The van der Waals surface area contributed by atoms with E-state index < -0.39 is 9.84 Å². The van der Waals surface area contributed by atoms with E-state index in [0.717, 1.165) is 26.2 Å². The van der Waals surface area contributed by atoms with Crippen molar-refractivity contribution in [1.29, 1.82) is 0 Å². The first kappa shape index (κ1) is 17.7. The molecule has 0 unspecified atom stereocenters. The number of piperazine rings is 1. The van der Waals surface area contributed by atoms with Crippen molar-refractivity contribution in [2.24, 2.45) is 0 Å². The van der Waals surface area contributed by atoms with Gasteiger partial charge in [-0.15, -0.1) is 0 Å². The Bertz CT molecular complexity index is 620. The Kier molecular flexibility index (Phi) is 6.01. The fraction of sp³-hybridized carbons (Fsp3) is 0.562. The molecule has 0 spiro atoms. The molecule has 0 atom stereocenters. The second-order valence-electron chi connectivity index (χ2n) is 5.88. The summed E-state index contributed by atoms with van der Waals surface area (Å²) in [6, 6.07) is 6.33. The van der Waals surface area contributed by atoms with Crippen LogP contribution in [-0.2, 0) is 14.6 Å². The fourth-order valence-electron chi connectivity index (χ4n) is 2.41. The monoisotopic (exact) mass is 340 g/mol. The van der Waals surface area contributed by atoms with Gasteiger partial charge in [-0.05, 0) is 37.7 Å². The number of sulfone groups is 1. The first-order valence-electron chi connectivity index (χ1n) is 7.75. The summed E-state index contributed by atoms with van der Waals surface area (Å²) in [5.74, 6) is 0.790. The molecule has 1 fully saturated rings. The molecule has 1 amide bonds. The normalized spacial score (nSPS) is 16.3. The molecule has 6 nitrogen and oxygen atoms in total. The van der Waals surface area contributed by atoms with E-state index in [-0.39, 0.29) is 10.8 Å². The quantitative estimate of drug-likeness (QED) is 0.724. The smallest absolute Gasteiger partial charge is 0.222 e. The Balaban J connectivity index is 1.70. The van der Waals surface area contributed by atoms with Gasteiger partial charge in [0.25, 0.3) is 0 Å². The van der Waals surface area contributed by atoms with Gasteiger partial charge in [0, 0.05) is 38.9 Å². The minimum absolute atomic E-state index is 0.175. The Morgan fingerprint density at radius 1 is 1.13 bits per heavy atom. The van der Waals surface area contributed by atoms with Crippen molar-refractivity contribution >= 4 is 15.7 Å². The number of rotatable bonds is 6. The first-order chi connectivity index (χ1) is 10.9. The molecule has 23 heavy (non-hydrogen) atoms. The van der Waals surface area contributed by atoms with Crippen molar-refractivity contribution in [2.75, 3.05) is 46.1 Å².